The number of benzene rings is 1. The second-order valence-electron chi connectivity index (χ2n) is 4.13. The fraction of sp³-hybridized carbons (Fsp3) is 0.333. The lowest BCUT2D eigenvalue weighted by atomic mass is 10.2. The van der Waals surface area contributed by atoms with Gasteiger partial charge in [0.25, 0.3) is 0 Å². The maximum absolute atomic E-state index is 12.1. The van der Waals surface area contributed by atoms with Crippen molar-refractivity contribution in [2.24, 2.45) is 0 Å². The van der Waals surface area contributed by atoms with Gasteiger partial charge in [0.05, 0.1) is 10.0 Å². The quantitative estimate of drug-likeness (QED) is 0.861. The molecule has 0 spiro atoms. The first-order chi connectivity index (χ1) is 8.49. The highest BCUT2D eigenvalue weighted by Crippen LogP contribution is 2.28. The second-order valence-corrected chi connectivity index (χ2v) is 4.94. The first kappa shape index (κ1) is 13.2. The van der Waals surface area contributed by atoms with E-state index in [2.05, 4.69) is 5.32 Å². The SMILES string of the molecule is CC1NC(=O)CCN(c2ccc(Cl)c(Cl)c2)C1=O. The van der Waals surface area contributed by atoms with Crippen LogP contribution >= 0.6 is 23.2 Å². The molecule has 1 fully saturated rings. The van der Waals surface area contributed by atoms with E-state index in [0.29, 0.717) is 22.3 Å². The maximum Gasteiger partial charge on any atom is 0.249 e. The molecule has 0 saturated carbocycles. The van der Waals surface area contributed by atoms with Gasteiger partial charge in [-0.3, -0.25) is 9.59 Å². The Morgan fingerprint density at radius 3 is 2.67 bits per heavy atom. The minimum Gasteiger partial charge on any atom is -0.345 e. The molecular weight excluding hydrogens is 275 g/mol. The summed E-state index contributed by atoms with van der Waals surface area (Å²) in [6.45, 7) is 2.00. The van der Waals surface area contributed by atoms with E-state index in [9.17, 15) is 9.59 Å². The van der Waals surface area contributed by atoms with Crippen LogP contribution in [0.5, 0.6) is 0 Å². The van der Waals surface area contributed by atoms with Crippen molar-refractivity contribution in [3.63, 3.8) is 0 Å². The standard InChI is InChI=1S/C12H12Cl2N2O2/c1-7-12(18)16(5-4-11(17)15-7)8-2-3-9(13)10(14)6-8/h2-3,6-7H,4-5H2,1H3,(H,15,17). The molecule has 96 valence electrons. The van der Waals surface area contributed by atoms with E-state index in [1.54, 1.807) is 30.0 Å². The first-order valence-corrected chi connectivity index (χ1v) is 6.30. The number of halogens is 2. The van der Waals surface area contributed by atoms with E-state index in [0.717, 1.165) is 0 Å². The smallest absolute Gasteiger partial charge is 0.249 e. The molecule has 0 aromatic heterocycles. The summed E-state index contributed by atoms with van der Waals surface area (Å²) in [7, 11) is 0. The lowest BCUT2D eigenvalue weighted by Crippen LogP contribution is -2.42. The van der Waals surface area contributed by atoms with Crippen LogP contribution in [0.15, 0.2) is 18.2 Å². The number of hydrogen-bond acceptors (Lipinski definition) is 2. The van der Waals surface area contributed by atoms with E-state index < -0.39 is 6.04 Å². The van der Waals surface area contributed by atoms with Crippen LogP contribution in [0.4, 0.5) is 5.69 Å². The van der Waals surface area contributed by atoms with Crippen LogP contribution in [0, 0.1) is 0 Å². The van der Waals surface area contributed by atoms with Crippen LogP contribution in [-0.4, -0.2) is 24.4 Å². The Bertz CT molecular complexity index is 505. The normalized spacial score (nSPS) is 20.6. The van der Waals surface area contributed by atoms with Crippen molar-refractivity contribution in [2.75, 3.05) is 11.4 Å². The van der Waals surface area contributed by atoms with Crippen molar-refractivity contribution in [1.29, 1.82) is 0 Å². The fourth-order valence-electron chi connectivity index (χ4n) is 1.84. The average molecular weight is 287 g/mol. The zero-order valence-corrected chi connectivity index (χ0v) is 11.3. The number of rotatable bonds is 1. The Balaban J connectivity index is 2.33. The number of anilines is 1. The Morgan fingerprint density at radius 1 is 1.28 bits per heavy atom. The van der Waals surface area contributed by atoms with Gasteiger partial charge in [0.15, 0.2) is 0 Å². The predicted octanol–water partition coefficient (Wildman–Crippen LogP) is 2.23. The van der Waals surface area contributed by atoms with Crippen molar-refractivity contribution >= 4 is 40.7 Å². The Morgan fingerprint density at radius 2 is 2.00 bits per heavy atom. The third-order valence-electron chi connectivity index (χ3n) is 2.79. The molecular formula is C12H12Cl2N2O2. The second kappa shape index (κ2) is 5.16. The largest absolute Gasteiger partial charge is 0.345 e. The summed E-state index contributed by atoms with van der Waals surface area (Å²) in [5.74, 6) is -0.280. The van der Waals surface area contributed by atoms with E-state index in [-0.39, 0.29) is 18.2 Å². The van der Waals surface area contributed by atoms with Crippen LogP contribution in [-0.2, 0) is 9.59 Å². The molecule has 0 bridgehead atoms. The van der Waals surface area contributed by atoms with Crippen molar-refractivity contribution in [3.8, 4) is 0 Å². The molecule has 1 aromatic carbocycles. The highest BCUT2D eigenvalue weighted by molar-refractivity contribution is 6.42. The molecule has 1 saturated heterocycles. The van der Waals surface area contributed by atoms with Crippen LogP contribution in [0.25, 0.3) is 0 Å². The van der Waals surface area contributed by atoms with Gasteiger partial charge in [-0.1, -0.05) is 23.2 Å². The zero-order chi connectivity index (χ0) is 13.3. The van der Waals surface area contributed by atoms with Crippen LogP contribution < -0.4 is 10.2 Å². The molecule has 1 atom stereocenters. The molecule has 1 unspecified atom stereocenters. The molecule has 4 nitrogen and oxygen atoms in total. The average Bonchev–Trinajstić information content (AvgIpc) is 2.44. The number of carbonyl (C=O) groups is 2. The van der Waals surface area contributed by atoms with Gasteiger partial charge >= 0.3 is 0 Å². The number of hydrogen-bond donors (Lipinski definition) is 1. The van der Waals surface area contributed by atoms with Gasteiger partial charge in [-0.05, 0) is 25.1 Å². The molecule has 1 aliphatic rings. The molecule has 1 heterocycles. The number of nitrogens with zero attached hydrogens (tertiary/aromatic N) is 1. The van der Waals surface area contributed by atoms with Gasteiger partial charge < -0.3 is 10.2 Å². The molecule has 0 radical (unpaired) electrons. The Kier molecular flexibility index (Phi) is 3.78. The van der Waals surface area contributed by atoms with E-state index in [4.69, 9.17) is 23.2 Å². The van der Waals surface area contributed by atoms with Crippen molar-refractivity contribution in [2.45, 2.75) is 19.4 Å². The Labute approximate surface area is 115 Å². The van der Waals surface area contributed by atoms with E-state index in [1.165, 1.54) is 0 Å². The highest BCUT2D eigenvalue weighted by Gasteiger charge is 2.27. The molecule has 1 N–H and O–H groups in total. The van der Waals surface area contributed by atoms with Crippen LogP contribution in [0.3, 0.4) is 0 Å². The molecule has 6 heteroatoms. The van der Waals surface area contributed by atoms with Gasteiger partial charge in [-0.2, -0.15) is 0 Å². The van der Waals surface area contributed by atoms with E-state index >= 15 is 0 Å². The molecule has 0 aliphatic carbocycles. The molecule has 1 aliphatic heterocycles. The summed E-state index contributed by atoms with van der Waals surface area (Å²) in [5, 5.41) is 3.45. The minimum absolute atomic E-state index is 0.126. The van der Waals surface area contributed by atoms with Gasteiger partial charge in [0, 0.05) is 18.7 Å². The summed E-state index contributed by atoms with van der Waals surface area (Å²) in [6.07, 6.45) is 0.274. The van der Waals surface area contributed by atoms with Crippen molar-refractivity contribution < 1.29 is 9.59 Å². The summed E-state index contributed by atoms with van der Waals surface area (Å²) in [5.41, 5.74) is 0.651. The van der Waals surface area contributed by atoms with E-state index in [1.807, 2.05) is 0 Å². The lowest BCUT2D eigenvalue weighted by molar-refractivity contribution is -0.125. The van der Waals surface area contributed by atoms with Gasteiger partial charge in [-0.15, -0.1) is 0 Å². The summed E-state index contributed by atoms with van der Waals surface area (Å²) >= 11 is 11.8. The summed E-state index contributed by atoms with van der Waals surface area (Å²) < 4.78 is 0. The molecule has 2 amide bonds. The van der Waals surface area contributed by atoms with Gasteiger partial charge in [-0.25, -0.2) is 0 Å². The minimum atomic E-state index is -0.533. The van der Waals surface area contributed by atoms with Crippen LogP contribution in [0.1, 0.15) is 13.3 Å². The number of nitrogens with one attached hydrogen (secondary N) is 1. The summed E-state index contributed by atoms with van der Waals surface area (Å²) in [4.78, 5) is 25.1. The fourth-order valence-corrected chi connectivity index (χ4v) is 2.13. The van der Waals surface area contributed by atoms with Crippen LogP contribution in [0.2, 0.25) is 10.0 Å². The van der Waals surface area contributed by atoms with Gasteiger partial charge in [0.1, 0.15) is 6.04 Å². The lowest BCUT2D eigenvalue weighted by Gasteiger charge is -2.22. The van der Waals surface area contributed by atoms with Gasteiger partial charge in [0.2, 0.25) is 11.8 Å². The molecule has 2 rings (SSSR count). The summed E-state index contributed by atoms with van der Waals surface area (Å²) in [6, 6.07) is 4.45. The first-order valence-electron chi connectivity index (χ1n) is 5.55. The topological polar surface area (TPSA) is 49.4 Å². The van der Waals surface area contributed by atoms with Crippen molar-refractivity contribution in [3.05, 3.63) is 28.2 Å². The third kappa shape index (κ3) is 2.60. The molecule has 1 aromatic rings. The predicted molar refractivity (Wildman–Crippen MR) is 71.0 cm³/mol. The monoisotopic (exact) mass is 286 g/mol. The highest BCUT2D eigenvalue weighted by atomic mass is 35.5. The third-order valence-corrected chi connectivity index (χ3v) is 3.53. The Hall–Kier alpha value is -1.26. The molecule has 18 heavy (non-hydrogen) atoms. The maximum atomic E-state index is 12.1. The van der Waals surface area contributed by atoms with Crippen molar-refractivity contribution in [1.82, 2.24) is 5.32 Å². The number of amides is 2. The number of carbonyl (C=O) groups excluding carboxylic acids is 2. The zero-order valence-electron chi connectivity index (χ0n) is 9.74.